The normalized spacial score (nSPS) is 12.5. The number of rotatable bonds is 5. The van der Waals surface area contributed by atoms with Gasteiger partial charge in [0.2, 0.25) is 0 Å². The third-order valence-corrected chi connectivity index (χ3v) is 3.95. The van der Waals surface area contributed by atoms with E-state index in [-0.39, 0.29) is 18.7 Å². The van der Waals surface area contributed by atoms with E-state index in [9.17, 15) is 14.0 Å². The molecule has 0 radical (unpaired) electrons. The van der Waals surface area contributed by atoms with Gasteiger partial charge >= 0.3 is 5.97 Å². The molecule has 0 saturated heterocycles. The van der Waals surface area contributed by atoms with E-state index in [1.54, 1.807) is 42.5 Å². The number of hydrogen-bond donors (Lipinski definition) is 1. The maximum atomic E-state index is 13.5. The van der Waals surface area contributed by atoms with Gasteiger partial charge < -0.3 is 14.8 Å². The summed E-state index contributed by atoms with van der Waals surface area (Å²) in [6.07, 6.45) is 1.62. The molecule has 0 bridgehead atoms. The Morgan fingerprint density at radius 2 is 2.04 bits per heavy atom. The Morgan fingerprint density at radius 1 is 1.23 bits per heavy atom. The molecule has 0 spiro atoms. The number of carbonyl (C=O) groups excluding carboxylic acids is 2. The van der Waals surface area contributed by atoms with Gasteiger partial charge in [-0.1, -0.05) is 29.8 Å². The van der Waals surface area contributed by atoms with Crippen LogP contribution in [0.15, 0.2) is 48.0 Å². The van der Waals surface area contributed by atoms with E-state index < -0.39 is 24.3 Å². The van der Waals surface area contributed by atoms with Crippen molar-refractivity contribution in [1.82, 2.24) is 5.32 Å². The van der Waals surface area contributed by atoms with E-state index in [4.69, 9.17) is 21.1 Å². The highest BCUT2D eigenvalue weighted by atomic mass is 35.5. The highest BCUT2D eigenvalue weighted by molar-refractivity contribution is 6.30. The van der Waals surface area contributed by atoms with Crippen LogP contribution < -0.4 is 10.1 Å². The van der Waals surface area contributed by atoms with Gasteiger partial charge in [0.05, 0.1) is 5.57 Å². The maximum absolute atomic E-state index is 13.5. The fourth-order valence-corrected chi connectivity index (χ4v) is 2.56. The smallest absolute Gasteiger partial charge is 0.338 e. The molecule has 0 atom stereocenters. The fraction of sp³-hybridized carbons (Fsp3) is 0.158. The van der Waals surface area contributed by atoms with Crippen molar-refractivity contribution in [2.24, 2.45) is 0 Å². The predicted molar refractivity (Wildman–Crippen MR) is 94.1 cm³/mol. The van der Waals surface area contributed by atoms with Crippen LogP contribution in [-0.4, -0.2) is 25.1 Å². The van der Waals surface area contributed by atoms with Crippen LogP contribution in [0.2, 0.25) is 5.02 Å². The molecule has 0 unspecified atom stereocenters. The van der Waals surface area contributed by atoms with Gasteiger partial charge in [-0.2, -0.15) is 0 Å². The molecule has 0 aromatic heterocycles. The molecule has 0 saturated carbocycles. The van der Waals surface area contributed by atoms with Crippen LogP contribution in [0, 0.1) is 5.82 Å². The average molecular weight is 376 g/mol. The van der Waals surface area contributed by atoms with Crippen LogP contribution in [0.5, 0.6) is 5.75 Å². The molecule has 1 heterocycles. The van der Waals surface area contributed by atoms with Crippen molar-refractivity contribution < 1.29 is 23.5 Å². The number of ether oxygens (including phenoxy) is 2. The van der Waals surface area contributed by atoms with E-state index >= 15 is 0 Å². The second kappa shape index (κ2) is 8.01. The molecular formula is C19H15ClFNO4. The van der Waals surface area contributed by atoms with Crippen LogP contribution in [-0.2, 0) is 20.9 Å². The molecule has 1 N–H and O–H groups in total. The fourth-order valence-electron chi connectivity index (χ4n) is 2.38. The van der Waals surface area contributed by atoms with E-state index in [1.165, 1.54) is 6.07 Å². The molecule has 0 aliphatic carbocycles. The number of halogens is 2. The standard InChI is InChI=1S/C19H15ClFNO4/c20-15-5-6-17-13(8-15)7-14(10-25-17)19(24)26-11-18(23)22-9-12-3-1-2-4-16(12)21/h1-8H,9-11H2,(H,22,23). The number of hydrogen-bond acceptors (Lipinski definition) is 4. The molecule has 2 aromatic carbocycles. The minimum Gasteiger partial charge on any atom is -0.488 e. The monoisotopic (exact) mass is 375 g/mol. The zero-order valence-electron chi connectivity index (χ0n) is 13.6. The molecule has 26 heavy (non-hydrogen) atoms. The van der Waals surface area contributed by atoms with E-state index in [0.29, 0.717) is 21.9 Å². The molecular weight excluding hydrogens is 361 g/mol. The molecule has 1 aliphatic rings. The Hall–Kier alpha value is -2.86. The molecule has 1 amide bonds. The maximum Gasteiger partial charge on any atom is 0.338 e. The predicted octanol–water partition coefficient (Wildman–Crippen LogP) is 3.11. The Balaban J connectivity index is 1.52. The SMILES string of the molecule is O=C(COC(=O)C1=Cc2cc(Cl)ccc2OC1)NCc1ccccc1F. The van der Waals surface area contributed by atoms with E-state index in [0.717, 1.165) is 0 Å². The lowest BCUT2D eigenvalue weighted by Gasteiger charge is -2.17. The lowest BCUT2D eigenvalue weighted by atomic mass is 10.1. The summed E-state index contributed by atoms with van der Waals surface area (Å²) in [5.41, 5.74) is 1.30. The van der Waals surface area contributed by atoms with Crippen LogP contribution in [0.25, 0.3) is 6.08 Å². The first-order chi connectivity index (χ1) is 12.5. The number of amides is 1. The van der Waals surface area contributed by atoms with Gasteiger partial charge in [-0.15, -0.1) is 0 Å². The van der Waals surface area contributed by atoms with Crippen molar-refractivity contribution in [2.75, 3.05) is 13.2 Å². The van der Waals surface area contributed by atoms with Gasteiger partial charge in [0, 0.05) is 22.7 Å². The van der Waals surface area contributed by atoms with Crippen molar-refractivity contribution in [3.8, 4) is 5.75 Å². The topological polar surface area (TPSA) is 64.6 Å². The lowest BCUT2D eigenvalue weighted by molar-refractivity contribution is -0.145. The number of benzene rings is 2. The molecule has 5 nitrogen and oxygen atoms in total. The summed E-state index contributed by atoms with van der Waals surface area (Å²) in [7, 11) is 0. The molecule has 0 fully saturated rings. The van der Waals surface area contributed by atoms with Gasteiger partial charge in [-0.05, 0) is 30.3 Å². The van der Waals surface area contributed by atoms with Crippen molar-refractivity contribution in [3.05, 3.63) is 70.0 Å². The van der Waals surface area contributed by atoms with Crippen molar-refractivity contribution in [1.29, 1.82) is 0 Å². The van der Waals surface area contributed by atoms with E-state index in [2.05, 4.69) is 5.32 Å². The van der Waals surface area contributed by atoms with Crippen molar-refractivity contribution in [2.45, 2.75) is 6.54 Å². The number of nitrogens with one attached hydrogen (secondary N) is 1. The van der Waals surface area contributed by atoms with Crippen molar-refractivity contribution >= 4 is 29.6 Å². The van der Waals surface area contributed by atoms with Crippen LogP contribution in [0.3, 0.4) is 0 Å². The molecule has 134 valence electrons. The first-order valence-electron chi connectivity index (χ1n) is 7.83. The number of esters is 1. The number of fused-ring (bicyclic) bond motifs is 1. The van der Waals surface area contributed by atoms with Crippen LogP contribution >= 0.6 is 11.6 Å². The molecule has 7 heteroatoms. The van der Waals surface area contributed by atoms with Gasteiger partial charge in [0.1, 0.15) is 18.2 Å². The third kappa shape index (κ3) is 4.40. The van der Waals surface area contributed by atoms with Crippen LogP contribution in [0.1, 0.15) is 11.1 Å². The second-order valence-corrected chi connectivity index (χ2v) is 6.02. The highest BCUT2D eigenvalue weighted by Gasteiger charge is 2.19. The van der Waals surface area contributed by atoms with Gasteiger partial charge in [-0.25, -0.2) is 9.18 Å². The Labute approximate surface area is 154 Å². The minimum atomic E-state index is -0.656. The zero-order valence-corrected chi connectivity index (χ0v) is 14.4. The quantitative estimate of drug-likeness (QED) is 0.815. The Bertz CT molecular complexity index is 882. The Morgan fingerprint density at radius 3 is 2.85 bits per heavy atom. The van der Waals surface area contributed by atoms with Crippen molar-refractivity contribution in [3.63, 3.8) is 0 Å². The first-order valence-corrected chi connectivity index (χ1v) is 8.21. The summed E-state index contributed by atoms with van der Waals surface area (Å²) in [4.78, 5) is 23.9. The molecule has 3 rings (SSSR count). The summed E-state index contributed by atoms with van der Waals surface area (Å²) < 4.78 is 23.9. The lowest BCUT2D eigenvalue weighted by Crippen LogP contribution is -2.29. The summed E-state index contributed by atoms with van der Waals surface area (Å²) in [5.74, 6) is -0.973. The number of carbonyl (C=O) groups is 2. The highest BCUT2D eigenvalue weighted by Crippen LogP contribution is 2.29. The third-order valence-electron chi connectivity index (χ3n) is 3.72. The zero-order chi connectivity index (χ0) is 18.5. The van der Waals surface area contributed by atoms with E-state index in [1.807, 2.05) is 0 Å². The molecule has 1 aliphatic heterocycles. The summed E-state index contributed by atoms with van der Waals surface area (Å²) in [5, 5.41) is 3.02. The van der Waals surface area contributed by atoms with Gasteiger partial charge in [-0.3, -0.25) is 4.79 Å². The molecule has 2 aromatic rings. The Kier molecular flexibility index (Phi) is 5.53. The minimum absolute atomic E-state index is 0.0146. The van der Waals surface area contributed by atoms with Gasteiger partial charge in [0.15, 0.2) is 6.61 Å². The van der Waals surface area contributed by atoms with Crippen LogP contribution in [0.4, 0.5) is 4.39 Å². The average Bonchev–Trinajstić information content (AvgIpc) is 2.64. The summed E-state index contributed by atoms with van der Waals surface area (Å²) in [6, 6.07) is 11.2. The summed E-state index contributed by atoms with van der Waals surface area (Å²) >= 11 is 5.92. The second-order valence-electron chi connectivity index (χ2n) is 5.58. The first kappa shape index (κ1) is 17.9. The summed E-state index contributed by atoms with van der Waals surface area (Å²) in [6.45, 7) is -0.405. The van der Waals surface area contributed by atoms with Gasteiger partial charge in [0.25, 0.3) is 5.91 Å². The largest absolute Gasteiger partial charge is 0.488 e.